The van der Waals surface area contributed by atoms with Crippen LogP contribution in [0.3, 0.4) is 0 Å². The first-order chi connectivity index (χ1) is 10.6. The van der Waals surface area contributed by atoms with Crippen LogP contribution >= 0.6 is 0 Å². The van der Waals surface area contributed by atoms with Gasteiger partial charge in [-0.25, -0.2) is 18.0 Å². The number of nitrogens with one attached hydrogen (secondary N) is 2. The largest absolute Gasteiger partial charge is 0.419 e. The third-order valence-corrected chi connectivity index (χ3v) is 4.14. The lowest BCUT2D eigenvalue weighted by molar-refractivity contribution is -0.222. The molecule has 8 nitrogen and oxygen atoms in total. The van der Waals surface area contributed by atoms with Gasteiger partial charge in [-0.15, -0.1) is 4.83 Å². The molecule has 2 N–H and O–H groups in total. The van der Waals surface area contributed by atoms with Gasteiger partial charge in [0.1, 0.15) is 0 Å². The number of cyclic esters (lactones) is 2. The minimum absolute atomic E-state index is 0.0314. The zero-order chi connectivity index (χ0) is 17.3. The predicted octanol–water partition coefficient (Wildman–Crippen LogP) is 0.498. The Morgan fingerprint density at radius 3 is 2.09 bits per heavy atom. The summed E-state index contributed by atoms with van der Waals surface area (Å²) in [6.45, 7) is 4.65. The van der Waals surface area contributed by atoms with Crippen molar-refractivity contribution in [2.24, 2.45) is 0 Å². The van der Waals surface area contributed by atoms with Crippen LogP contribution in [0, 0.1) is 6.92 Å². The molecule has 1 aromatic carbocycles. The third kappa shape index (κ3) is 4.08. The molecule has 2 rings (SSSR count). The fourth-order valence-electron chi connectivity index (χ4n) is 1.73. The quantitative estimate of drug-likeness (QED) is 0.355. The summed E-state index contributed by atoms with van der Waals surface area (Å²) in [7, 11) is -3.85. The van der Waals surface area contributed by atoms with Crippen molar-refractivity contribution in [1.29, 1.82) is 0 Å². The molecule has 0 radical (unpaired) electrons. The summed E-state index contributed by atoms with van der Waals surface area (Å²) in [5, 5.41) is 0. The van der Waals surface area contributed by atoms with Gasteiger partial charge in [0.15, 0.2) is 5.57 Å². The lowest BCUT2D eigenvalue weighted by Crippen LogP contribution is -2.43. The number of carbonyl (C=O) groups excluding carboxylic acids is 2. The molecule has 1 aliphatic rings. The highest BCUT2D eigenvalue weighted by Gasteiger charge is 2.39. The molecule has 0 unspecified atom stereocenters. The van der Waals surface area contributed by atoms with Crippen molar-refractivity contribution in [3.8, 4) is 0 Å². The zero-order valence-electron chi connectivity index (χ0n) is 12.7. The first kappa shape index (κ1) is 17.0. The SMILES string of the molecule is Cc1ccc(S(=O)(=O)NNC=C2C(=O)OC(C)(C)OC2=O)cc1. The number of esters is 2. The maximum Gasteiger partial charge on any atom is 0.350 e. The molecule has 0 spiro atoms. The molecule has 1 saturated heterocycles. The van der Waals surface area contributed by atoms with Crippen molar-refractivity contribution in [3.05, 3.63) is 41.6 Å². The fraction of sp³-hybridized carbons (Fsp3) is 0.286. The van der Waals surface area contributed by atoms with E-state index >= 15 is 0 Å². The van der Waals surface area contributed by atoms with E-state index in [1.54, 1.807) is 12.1 Å². The summed E-state index contributed by atoms with van der Waals surface area (Å²) < 4.78 is 33.8. The lowest BCUT2D eigenvalue weighted by atomic mass is 10.2. The van der Waals surface area contributed by atoms with Crippen LogP contribution < -0.4 is 10.3 Å². The molecule has 1 heterocycles. The summed E-state index contributed by atoms with van der Waals surface area (Å²) in [6, 6.07) is 6.15. The van der Waals surface area contributed by atoms with Gasteiger partial charge in [-0.1, -0.05) is 17.7 Å². The summed E-state index contributed by atoms with van der Waals surface area (Å²) in [5.74, 6) is -3.17. The van der Waals surface area contributed by atoms with Crippen LogP contribution in [0.1, 0.15) is 19.4 Å². The zero-order valence-corrected chi connectivity index (χ0v) is 13.6. The van der Waals surface area contributed by atoms with Gasteiger partial charge in [-0.05, 0) is 19.1 Å². The van der Waals surface area contributed by atoms with E-state index in [0.717, 1.165) is 11.8 Å². The Hall–Kier alpha value is -2.39. The second-order valence-electron chi connectivity index (χ2n) is 5.30. The van der Waals surface area contributed by atoms with E-state index in [4.69, 9.17) is 9.47 Å². The molecule has 23 heavy (non-hydrogen) atoms. The maximum atomic E-state index is 12.0. The number of rotatable bonds is 4. The number of hydrogen-bond donors (Lipinski definition) is 2. The van der Waals surface area contributed by atoms with Gasteiger partial charge >= 0.3 is 11.9 Å². The molecule has 0 amide bonds. The highest BCUT2D eigenvalue weighted by Crippen LogP contribution is 2.21. The fourth-order valence-corrected chi connectivity index (χ4v) is 2.56. The second-order valence-corrected chi connectivity index (χ2v) is 6.98. The molecule has 0 aromatic heterocycles. The van der Waals surface area contributed by atoms with Gasteiger partial charge in [-0.2, -0.15) is 0 Å². The van der Waals surface area contributed by atoms with Crippen molar-refractivity contribution >= 4 is 22.0 Å². The van der Waals surface area contributed by atoms with E-state index in [0.29, 0.717) is 0 Å². The Labute approximate surface area is 133 Å². The van der Waals surface area contributed by atoms with Crippen LogP contribution in [0.15, 0.2) is 40.9 Å². The summed E-state index contributed by atoms with van der Waals surface area (Å²) in [6.07, 6.45) is 0.881. The van der Waals surface area contributed by atoms with Crippen molar-refractivity contribution in [3.63, 3.8) is 0 Å². The highest BCUT2D eigenvalue weighted by molar-refractivity contribution is 7.89. The van der Waals surface area contributed by atoms with E-state index in [2.05, 4.69) is 5.43 Å². The summed E-state index contributed by atoms with van der Waals surface area (Å²) >= 11 is 0. The number of ether oxygens (including phenoxy) is 2. The van der Waals surface area contributed by atoms with Gasteiger partial charge in [0, 0.05) is 20.0 Å². The Morgan fingerprint density at radius 1 is 1.04 bits per heavy atom. The van der Waals surface area contributed by atoms with Crippen LogP contribution in [0.5, 0.6) is 0 Å². The molecule has 0 bridgehead atoms. The molecule has 1 aromatic rings. The minimum atomic E-state index is -3.85. The van der Waals surface area contributed by atoms with E-state index in [9.17, 15) is 18.0 Å². The molecule has 0 atom stereocenters. The number of aryl methyl sites for hydroxylation is 1. The van der Waals surface area contributed by atoms with E-state index in [-0.39, 0.29) is 4.90 Å². The molecule has 1 aliphatic heterocycles. The topological polar surface area (TPSA) is 111 Å². The van der Waals surface area contributed by atoms with Crippen LogP contribution in [0.25, 0.3) is 0 Å². The number of hydrogen-bond acceptors (Lipinski definition) is 7. The minimum Gasteiger partial charge on any atom is -0.419 e. The number of benzene rings is 1. The highest BCUT2D eigenvalue weighted by atomic mass is 32.2. The smallest absolute Gasteiger partial charge is 0.350 e. The predicted molar refractivity (Wildman–Crippen MR) is 79.0 cm³/mol. The van der Waals surface area contributed by atoms with Crippen molar-refractivity contribution < 1.29 is 27.5 Å². The first-order valence-corrected chi connectivity index (χ1v) is 8.10. The van der Waals surface area contributed by atoms with Crippen molar-refractivity contribution in [2.45, 2.75) is 31.5 Å². The molecule has 0 saturated carbocycles. The van der Waals surface area contributed by atoms with Gasteiger partial charge in [0.2, 0.25) is 0 Å². The molecule has 9 heteroatoms. The van der Waals surface area contributed by atoms with Gasteiger partial charge < -0.3 is 14.9 Å². The van der Waals surface area contributed by atoms with Crippen LogP contribution in [0.2, 0.25) is 0 Å². The Bertz CT molecular complexity index is 743. The van der Waals surface area contributed by atoms with Crippen molar-refractivity contribution in [2.75, 3.05) is 0 Å². The Balaban J connectivity index is 2.07. The van der Waals surface area contributed by atoms with Gasteiger partial charge in [-0.3, -0.25) is 0 Å². The molecular weight excluding hydrogens is 324 g/mol. The molecule has 1 fully saturated rings. The second kappa shape index (κ2) is 6.01. The van der Waals surface area contributed by atoms with Crippen LogP contribution in [-0.2, 0) is 29.1 Å². The maximum absolute atomic E-state index is 12.0. The number of carbonyl (C=O) groups is 2. The summed E-state index contributed by atoms with van der Waals surface area (Å²) in [4.78, 5) is 25.4. The van der Waals surface area contributed by atoms with E-state index in [1.165, 1.54) is 26.0 Å². The van der Waals surface area contributed by atoms with E-state index < -0.39 is 33.3 Å². The Kier molecular flexibility index (Phi) is 4.44. The standard InChI is InChI=1S/C14H16N2O6S/c1-9-4-6-10(7-5-9)23(19,20)16-15-8-11-12(17)21-14(2,3)22-13(11)18/h4-8,15-16H,1-3H3. The number of sulfonamides is 1. The molecule has 0 aliphatic carbocycles. The van der Waals surface area contributed by atoms with Crippen LogP contribution in [0.4, 0.5) is 0 Å². The average Bonchev–Trinajstić information content (AvgIpc) is 2.41. The molecule has 124 valence electrons. The van der Waals surface area contributed by atoms with Crippen molar-refractivity contribution in [1.82, 2.24) is 10.3 Å². The Morgan fingerprint density at radius 2 is 1.57 bits per heavy atom. The lowest BCUT2D eigenvalue weighted by Gasteiger charge is -2.29. The average molecular weight is 340 g/mol. The van der Waals surface area contributed by atoms with Gasteiger partial charge in [0.05, 0.1) is 4.90 Å². The molecular formula is C14H16N2O6S. The third-order valence-electron chi connectivity index (χ3n) is 2.86. The normalized spacial score (nSPS) is 17.3. The summed E-state index contributed by atoms with van der Waals surface area (Å²) in [5.41, 5.74) is 2.66. The van der Waals surface area contributed by atoms with E-state index in [1.807, 2.05) is 11.8 Å². The number of hydrazine groups is 1. The first-order valence-electron chi connectivity index (χ1n) is 6.62. The van der Waals surface area contributed by atoms with Gasteiger partial charge in [0.25, 0.3) is 15.8 Å². The van der Waals surface area contributed by atoms with Crippen LogP contribution in [-0.4, -0.2) is 26.1 Å². The monoisotopic (exact) mass is 340 g/mol.